The minimum atomic E-state index is -0.263. The van der Waals surface area contributed by atoms with Gasteiger partial charge in [-0.1, -0.05) is 23.9 Å². The van der Waals surface area contributed by atoms with Crippen molar-refractivity contribution in [2.24, 2.45) is 0 Å². The molecule has 1 aromatic heterocycles. The zero-order valence-electron chi connectivity index (χ0n) is 13.0. The van der Waals surface area contributed by atoms with E-state index >= 15 is 0 Å². The summed E-state index contributed by atoms with van der Waals surface area (Å²) in [5.41, 5.74) is 5.27. The molecule has 0 saturated carbocycles. The number of hydrogen-bond acceptors (Lipinski definition) is 7. The van der Waals surface area contributed by atoms with Gasteiger partial charge in [0, 0.05) is 11.4 Å². The van der Waals surface area contributed by atoms with E-state index in [1.807, 2.05) is 19.9 Å². The van der Waals surface area contributed by atoms with Crippen LogP contribution in [0, 0.1) is 13.8 Å². The fourth-order valence-electron chi connectivity index (χ4n) is 2.16. The van der Waals surface area contributed by atoms with Crippen molar-refractivity contribution >= 4 is 46.2 Å². The molecule has 8 heteroatoms. The van der Waals surface area contributed by atoms with Gasteiger partial charge in [0.25, 0.3) is 5.91 Å². The number of hydrogen-bond donors (Lipinski definition) is 2. The highest BCUT2D eigenvalue weighted by Gasteiger charge is 2.33. The van der Waals surface area contributed by atoms with Gasteiger partial charge in [-0.25, -0.2) is 9.97 Å². The number of nitrogens with one attached hydrogen (secondary N) is 1. The molecule has 0 bridgehead atoms. The van der Waals surface area contributed by atoms with E-state index in [9.17, 15) is 9.90 Å². The van der Waals surface area contributed by atoms with Gasteiger partial charge in [-0.05, 0) is 55.9 Å². The predicted molar refractivity (Wildman–Crippen MR) is 98.2 cm³/mol. The standard InChI is InChI=1S/C16H14N4O2S2/c1-9-7-10(2)18-15(17-9)19-20-14(22)13(24-16(20)23)8-11-3-5-12(21)6-4-11/h3-8,21H,1-2H3,(H,17,18,19)/b13-8+. The first kappa shape index (κ1) is 16.4. The second-order valence-electron chi connectivity index (χ2n) is 5.19. The third-order valence-electron chi connectivity index (χ3n) is 3.18. The number of rotatable bonds is 3. The highest BCUT2D eigenvalue weighted by molar-refractivity contribution is 8.26. The monoisotopic (exact) mass is 358 g/mol. The fraction of sp³-hybridized carbons (Fsp3) is 0.125. The summed E-state index contributed by atoms with van der Waals surface area (Å²) in [6.45, 7) is 3.71. The molecule has 2 heterocycles. The zero-order chi connectivity index (χ0) is 17.3. The van der Waals surface area contributed by atoms with E-state index < -0.39 is 0 Å². The number of nitrogens with zero attached hydrogens (tertiary/aromatic N) is 3. The quantitative estimate of drug-likeness (QED) is 0.645. The minimum absolute atomic E-state index is 0.174. The summed E-state index contributed by atoms with van der Waals surface area (Å²) in [4.78, 5) is 21.5. The third-order valence-corrected chi connectivity index (χ3v) is 4.48. The van der Waals surface area contributed by atoms with Crippen LogP contribution in [0.4, 0.5) is 5.95 Å². The van der Waals surface area contributed by atoms with Gasteiger partial charge < -0.3 is 5.11 Å². The van der Waals surface area contributed by atoms with E-state index in [0.717, 1.165) is 17.0 Å². The highest BCUT2D eigenvalue weighted by atomic mass is 32.2. The number of phenols is 1. The maximum Gasteiger partial charge on any atom is 0.285 e. The van der Waals surface area contributed by atoms with Gasteiger partial charge in [0.15, 0.2) is 4.32 Å². The lowest BCUT2D eigenvalue weighted by molar-refractivity contribution is -0.121. The molecule has 0 radical (unpaired) electrons. The molecule has 0 spiro atoms. The van der Waals surface area contributed by atoms with Crippen molar-refractivity contribution in [2.75, 3.05) is 5.43 Å². The van der Waals surface area contributed by atoms with Crippen LogP contribution >= 0.6 is 24.0 Å². The first-order valence-electron chi connectivity index (χ1n) is 7.08. The van der Waals surface area contributed by atoms with Crippen LogP contribution in [0.15, 0.2) is 35.2 Å². The van der Waals surface area contributed by atoms with Crippen LogP contribution in [0.2, 0.25) is 0 Å². The van der Waals surface area contributed by atoms with E-state index in [-0.39, 0.29) is 11.7 Å². The van der Waals surface area contributed by atoms with Crippen LogP contribution in [0.1, 0.15) is 17.0 Å². The van der Waals surface area contributed by atoms with Crippen molar-refractivity contribution in [1.29, 1.82) is 0 Å². The summed E-state index contributed by atoms with van der Waals surface area (Å²) >= 11 is 6.46. The summed E-state index contributed by atoms with van der Waals surface area (Å²) in [5.74, 6) is 0.240. The van der Waals surface area contributed by atoms with Crippen molar-refractivity contribution in [2.45, 2.75) is 13.8 Å². The van der Waals surface area contributed by atoms with Gasteiger partial charge in [0.1, 0.15) is 5.75 Å². The molecule has 1 amide bonds. The number of carbonyl (C=O) groups excluding carboxylic acids is 1. The molecule has 1 aromatic carbocycles. The van der Waals surface area contributed by atoms with Gasteiger partial charge in [-0.15, -0.1) is 0 Å². The Kier molecular flexibility index (Phi) is 4.50. The summed E-state index contributed by atoms with van der Waals surface area (Å²) in [6, 6.07) is 8.42. The Morgan fingerprint density at radius 3 is 2.46 bits per heavy atom. The molecule has 2 aromatic rings. The number of anilines is 1. The maximum absolute atomic E-state index is 12.5. The summed E-state index contributed by atoms with van der Waals surface area (Å²) in [7, 11) is 0. The normalized spacial score (nSPS) is 16.1. The molecule has 0 atom stereocenters. The number of thiocarbonyl (C=S) groups is 1. The molecule has 1 aliphatic rings. The number of phenolic OH excluding ortho intramolecular Hbond substituents is 1. The summed E-state index contributed by atoms with van der Waals surface area (Å²) < 4.78 is 0.382. The molecule has 24 heavy (non-hydrogen) atoms. The van der Waals surface area contributed by atoms with Crippen LogP contribution < -0.4 is 5.43 Å². The molecule has 1 saturated heterocycles. The third kappa shape index (κ3) is 3.55. The number of amides is 1. The Morgan fingerprint density at radius 2 is 1.83 bits per heavy atom. The molecule has 1 fully saturated rings. The van der Waals surface area contributed by atoms with E-state index in [4.69, 9.17) is 12.2 Å². The first-order valence-corrected chi connectivity index (χ1v) is 8.31. The SMILES string of the molecule is Cc1cc(C)nc(NN2C(=O)/C(=C\c3ccc(O)cc3)SC2=S)n1. The van der Waals surface area contributed by atoms with Crippen LogP contribution in [-0.4, -0.2) is 30.3 Å². The lowest BCUT2D eigenvalue weighted by Crippen LogP contribution is -2.34. The smallest absolute Gasteiger partial charge is 0.285 e. The van der Waals surface area contributed by atoms with E-state index in [2.05, 4.69) is 15.4 Å². The topological polar surface area (TPSA) is 78.4 Å². The number of hydrazine groups is 1. The molecular formula is C16H14N4O2S2. The molecule has 6 nitrogen and oxygen atoms in total. The Hall–Kier alpha value is -2.45. The van der Waals surface area contributed by atoms with Crippen molar-refractivity contribution in [3.8, 4) is 5.75 Å². The van der Waals surface area contributed by atoms with E-state index in [0.29, 0.717) is 15.2 Å². The molecule has 3 rings (SSSR count). The minimum Gasteiger partial charge on any atom is -0.508 e. The van der Waals surface area contributed by atoms with Gasteiger partial charge in [0.2, 0.25) is 5.95 Å². The molecule has 122 valence electrons. The molecular weight excluding hydrogens is 344 g/mol. The number of benzene rings is 1. The highest BCUT2D eigenvalue weighted by Crippen LogP contribution is 2.32. The molecule has 0 unspecified atom stereocenters. The van der Waals surface area contributed by atoms with Crippen LogP contribution in [0.3, 0.4) is 0 Å². The summed E-state index contributed by atoms with van der Waals surface area (Å²) in [6.07, 6.45) is 1.72. The summed E-state index contributed by atoms with van der Waals surface area (Å²) in [5, 5.41) is 10.6. The van der Waals surface area contributed by atoms with Gasteiger partial charge in [-0.2, -0.15) is 5.01 Å². The Labute approximate surface area is 148 Å². The predicted octanol–water partition coefficient (Wildman–Crippen LogP) is 3.03. The molecule has 0 aliphatic carbocycles. The Balaban J connectivity index is 1.82. The van der Waals surface area contributed by atoms with Crippen LogP contribution in [-0.2, 0) is 4.79 Å². The average molecular weight is 358 g/mol. The number of thioether (sulfide) groups is 1. The average Bonchev–Trinajstić information content (AvgIpc) is 2.76. The van der Waals surface area contributed by atoms with Crippen molar-refractivity contribution in [3.63, 3.8) is 0 Å². The van der Waals surface area contributed by atoms with Gasteiger partial charge in [-0.3, -0.25) is 10.2 Å². The fourth-order valence-corrected chi connectivity index (χ4v) is 3.34. The second kappa shape index (κ2) is 6.58. The van der Waals surface area contributed by atoms with Crippen LogP contribution in [0.25, 0.3) is 6.08 Å². The number of aromatic nitrogens is 2. The molecule has 1 aliphatic heterocycles. The zero-order valence-corrected chi connectivity index (χ0v) is 14.6. The van der Waals surface area contributed by atoms with E-state index in [1.54, 1.807) is 30.3 Å². The number of aryl methyl sites for hydroxylation is 2. The van der Waals surface area contributed by atoms with Gasteiger partial charge >= 0.3 is 0 Å². The Bertz CT molecular complexity index is 829. The van der Waals surface area contributed by atoms with Crippen molar-refractivity contribution in [1.82, 2.24) is 15.0 Å². The van der Waals surface area contributed by atoms with Crippen molar-refractivity contribution in [3.05, 3.63) is 52.2 Å². The number of carbonyl (C=O) groups is 1. The second-order valence-corrected chi connectivity index (χ2v) is 6.87. The van der Waals surface area contributed by atoms with Crippen LogP contribution in [0.5, 0.6) is 5.75 Å². The number of aromatic hydroxyl groups is 1. The first-order chi connectivity index (χ1) is 11.4. The molecule has 2 N–H and O–H groups in total. The largest absolute Gasteiger partial charge is 0.508 e. The maximum atomic E-state index is 12.5. The Morgan fingerprint density at radius 1 is 1.21 bits per heavy atom. The van der Waals surface area contributed by atoms with E-state index in [1.165, 1.54) is 16.8 Å². The van der Waals surface area contributed by atoms with Crippen molar-refractivity contribution < 1.29 is 9.90 Å². The lowest BCUT2D eigenvalue weighted by Gasteiger charge is -2.15. The van der Waals surface area contributed by atoms with Gasteiger partial charge in [0.05, 0.1) is 4.91 Å². The lowest BCUT2D eigenvalue weighted by atomic mass is 10.2.